The zero-order valence-corrected chi connectivity index (χ0v) is 19.4. The molecule has 8 heteroatoms. The van der Waals surface area contributed by atoms with Gasteiger partial charge < -0.3 is 36.5 Å². The summed E-state index contributed by atoms with van der Waals surface area (Å²) in [6, 6.07) is 3.76. The molecule has 0 radical (unpaired) electrons. The summed E-state index contributed by atoms with van der Waals surface area (Å²) in [4.78, 5) is 14.8. The number of aliphatic hydroxyl groups is 1. The Kier molecular flexibility index (Phi) is 9.77. The third-order valence-corrected chi connectivity index (χ3v) is 5.45. The Morgan fingerprint density at radius 2 is 1.93 bits per heavy atom. The molecule has 0 aliphatic heterocycles. The summed E-state index contributed by atoms with van der Waals surface area (Å²) in [5, 5.41) is 11.4. The number of aliphatic hydroxyl groups excluding tert-OH is 1. The van der Waals surface area contributed by atoms with Crippen molar-refractivity contribution in [3.63, 3.8) is 0 Å². The highest BCUT2D eigenvalue weighted by atomic mass is 79.9. The van der Waals surface area contributed by atoms with E-state index in [9.17, 15) is 9.90 Å². The van der Waals surface area contributed by atoms with Crippen LogP contribution in [0.4, 0.5) is 0 Å². The molecule has 0 amide bonds. The summed E-state index contributed by atoms with van der Waals surface area (Å²) < 4.78 is 13.4. The van der Waals surface area contributed by atoms with Crippen molar-refractivity contribution >= 4 is 32.8 Å². The number of fused-ring (bicyclic) bond motifs is 1. The topological polar surface area (TPSA) is 63.9 Å². The molecule has 0 bridgehead atoms. The lowest BCUT2D eigenvalue weighted by molar-refractivity contribution is -0.0000264. The normalized spacial score (nSPS) is 12.1. The second-order valence-electron chi connectivity index (χ2n) is 6.44. The fourth-order valence-electron chi connectivity index (χ4n) is 3.38. The first-order valence-corrected chi connectivity index (χ1v) is 10.1. The lowest BCUT2D eigenvalue weighted by atomic mass is 10.1. The Hall–Kier alpha value is -1.28. The van der Waals surface area contributed by atoms with Gasteiger partial charge in [0.1, 0.15) is 5.75 Å². The van der Waals surface area contributed by atoms with E-state index in [1.807, 2.05) is 23.6 Å². The van der Waals surface area contributed by atoms with Gasteiger partial charge in [-0.25, -0.2) is 4.79 Å². The van der Waals surface area contributed by atoms with Crippen molar-refractivity contribution in [3.05, 3.63) is 27.9 Å². The maximum absolute atomic E-state index is 12.6. The smallest absolute Gasteiger partial charge is 0.340 e. The molecule has 0 saturated carbocycles. The Labute approximate surface area is 181 Å². The summed E-state index contributed by atoms with van der Waals surface area (Å²) in [6.45, 7) is 10.9. The van der Waals surface area contributed by atoms with E-state index >= 15 is 0 Å². The molecule has 1 heterocycles. The van der Waals surface area contributed by atoms with Crippen molar-refractivity contribution in [2.24, 2.45) is 0 Å². The summed E-state index contributed by atoms with van der Waals surface area (Å²) in [5.41, 5.74) is 2.16. The van der Waals surface area contributed by atoms with Gasteiger partial charge in [-0.1, -0.05) is 13.8 Å². The summed E-state index contributed by atoms with van der Waals surface area (Å²) in [5.74, 6) is 0.287. The van der Waals surface area contributed by atoms with Gasteiger partial charge in [-0.2, -0.15) is 0 Å². The van der Waals surface area contributed by atoms with Gasteiger partial charge in [0.2, 0.25) is 0 Å². The first-order chi connectivity index (χ1) is 12.9. The van der Waals surface area contributed by atoms with E-state index in [1.54, 1.807) is 14.0 Å². The van der Waals surface area contributed by atoms with E-state index in [0.29, 0.717) is 31.0 Å². The molecule has 0 spiro atoms. The number of carbonyl (C=O) groups is 1. The third kappa shape index (κ3) is 5.20. The number of nitrogens with zero attached hydrogens (tertiary/aromatic N) is 2. The Balaban J connectivity index is 0.00000392. The number of ether oxygens (including phenoxy) is 2. The van der Waals surface area contributed by atoms with Crippen LogP contribution in [0.15, 0.2) is 16.6 Å². The molecule has 6 nitrogen and oxygen atoms in total. The van der Waals surface area contributed by atoms with Crippen molar-refractivity contribution in [1.82, 2.24) is 9.47 Å². The quantitative estimate of drug-likeness (QED) is 0.537. The van der Waals surface area contributed by atoms with Crippen LogP contribution in [-0.2, 0) is 11.3 Å². The van der Waals surface area contributed by atoms with Crippen LogP contribution < -0.4 is 17.1 Å². The Morgan fingerprint density at radius 3 is 2.46 bits per heavy atom. The van der Waals surface area contributed by atoms with Crippen LogP contribution in [0, 0.1) is 6.92 Å². The summed E-state index contributed by atoms with van der Waals surface area (Å²) in [6.07, 6.45) is -0.546. The van der Waals surface area contributed by atoms with Gasteiger partial charge in [0.15, 0.2) is 0 Å². The van der Waals surface area contributed by atoms with Crippen molar-refractivity contribution in [3.8, 4) is 5.75 Å². The minimum absolute atomic E-state index is 0. The standard InChI is InChI=1S/C20H29BrN2O4.ClH/c1-6-22(7-2)11-14(24)12-23-13(4)19(20(25)27-8-3)15-9-18(26-5)16(21)10-17(15)23;/h9-10,14,24H,6-8,11-12H2,1-5H3;1H/p-1. The maximum atomic E-state index is 12.6. The van der Waals surface area contributed by atoms with Gasteiger partial charge in [-0.15, -0.1) is 0 Å². The largest absolute Gasteiger partial charge is 1.00 e. The number of benzene rings is 1. The van der Waals surface area contributed by atoms with Crippen LogP contribution in [0.2, 0.25) is 0 Å². The number of halogens is 2. The average molecular weight is 477 g/mol. The fourth-order valence-corrected chi connectivity index (χ4v) is 3.87. The maximum Gasteiger partial charge on any atom is 0.340 e. The number of esters is 1. The van der Waals surface area contributed by atoms with Gasteiger partial charge >= 0.3 is 5.97 Å². The molecular formula is C20H29BrClN2O4-. The minimum atomic E-state index is -0.546. The van der Waals surface area contributed by atoms with Gasteiger partial charge in [0, 0.05) is 17.6 Å². The molecule has 2 rings (SSSR count). The van der Waals surface area contributed by atoms with Gasteiger partial charge in [0.25, 0.3) is 0 Å². The van der Waals surface area contributed by atoms with E-state index in [1.165, 1.54) is 0 Å². The molecular weight excluding hydrogens is 448 g/mol. The summed E-state index contributed by atoms with van der Waals surface area (Å²) >= 11 is 3.52. The Bertz CT molecular complexity index is 805. The third-order valence-electron chi connectivity index (χ3n) is 4.83. The van der Waals surface area contributed by atoms with Crippen molar-refractivity contribution in [2.75, 3.05) is 33.4 Å². The number of hydrogen-bond donors (Lipinski definition) is 1. The number of methoxy groups -OCH3 is 1. The molecule has 0 fully saturated rings. The fraction of sp³-hybridized carbons (Fsp3) is 0.550. The predicted molar refractivity (Wildman–Crippen MR) is 111 cm³/mol. The van der Waals surface area contributed by atoms with Crippen molar-refractivity contribution in [1.29, 1.82) is 0 Å². The molecule has 1 aromatic heterocycles. The number of aromatic nitrogens is 1. The first-order valence-electron chi connectivity index (χ1n) is 9.31. The second kappa shape index (κ2) is 11.0. The molecule has 2 aromatic rings. The monoisotopic (exact) mass is 475 g/mol. The predicted octanol–water partition coefficient (Wildman–Crippen LogP) is 0.604. The van der Waals surface area contributed by atoms with E-state index in [2.05, 4.69) is 34.7 Å². The first kappa shape index (κ1) is 24.8. The molecule has 0 saturated heterocycles. The van der Waals surface area contributed by atoms with Crippen molar-refractivity contribution in [2.45, 2.75) is 40.3 Å². The number of likely N-dealkylation sites (N-methyl/N-ethyl adjacent to an activating group) is 1. The second-order valence-corrected chi connectivity index (χ2v) is 7.29. The highest BCUT2D eigenvalue weighted by Gasteiger charge is 2.24. The van der Waals surface area contributed by atoms with Crippen LogP contribution in [0.5, 0.6) is 5.75 Å². The Morgan fingerprint density at radius 1 is 1.29 bits per heavy atom. The number of rotatable bonds is 9. The lowest BCUT2D eigenvalue weighted by Crippen LogP contribution is -3.00. The molecule has 28 heavy (non-hydrogen) atoms. The van der Waals surface area contributed by atoms with Crippen LogP contribution in [0.3, 0.4) is 0 Å². The molecule has 158 valence electrons. The minimum Gasteiger partial charge on any atom is -1.00 e. The van der Waals surface area contributed by atoms with Gasteiger partial charge in [0.05, 0.1) is 41.9 Å². The van der Waals surface area contributed by atoms with E-state index in [4.69, 9.17) is 9.47 Å². The van der Waals surface area contributed by atoms with Gasteiger partial charge in [-0.05, 0) is 55.0 Å². The molecule has 1 atom stereocenters. The molecule has 1 aromatic carbocycles. The molecule has 1 unspecified atom stereocenters. The zero-order valence-electron chi connectivity index (χ0n) is 17.1. The van der Waals surface area contributed by atoms with Crippen molar-refractivity contribution < 1.29 is 31.8 Å². The number of hydrogen-bond acceptors (Lipinski definition) is 5. The highest BCUT2D eigenvalue weighted by Crippen LogP contribution is 2.35. The van der Waals surface area contributed by atoms with Gasteiger partial charge in [-0.3, -0.25) is 0 Å². The van der Waals surface area contributed by atoms with Crippen LogP contribution in [0.25, 0.3) is 10.9 Å². The van der Waals surface area contributed by atoms with Crippen LogP contribution >= 0.6 is 15.9 Å². The lowest BCUT2D eigenvalue weighted by Gasteiger charge is -2.23. The summed E-state index contributed by atoms with van der Waals surface area (Å²) in [7, 11) is 1.59. The van der Waals surface area contributed by atoms with E-state index < -0.39 is 6.10 Å². The molecule has 1 N–H and O–H groups in total. The average Bonchev–Trinajstić information content (AvgIpc) is 2.90. The highest BCUT2D eigenvalue weighted by molar-refractivity contribution is 9.10. The van der Waals surface area contributed by atoms with E-state index in [-0.39, 0.29) is 18.4 Å². The van der Waals surface area contributed by atoms with Crippen LogP contribution in [0.1, 0.15) is 36.8 Å². The number of carbonyl (C=O) groups excluding carboxylic acids is 1. The van der Waals surface area contributed by atoms with E-state index in [0.717, 1.165) is 34.2 Å². The van der Waals surface area contributed by atoms with Crippen LogP contribution in [-0.4, -0.2) is 60.0 Å². The SMILES string of the molecule is CCOC(=O)c1c(C)n(CC(O)CN(CC)CC)c2cc(Br)c(OC)cc12.[Cl-]. The zero-order chi connectivity index (χ0) is 20.1. The molecule has 0 aliphatic rings. The molecule has 0 aliphatic carbocycles.